The van der Waals surface area contributed by atoms with E-state index in [1.54, 1.807) is 18.2 Å². The molecule has 9 heteroatoms. The Balaban J connectivity index is 2.48. The van der Waals surface area contributed by atoms with Gasteiger partial charge in [0.2, 0.25) is 0 Å². The SMILES string of the molecule is CS(=O)(=O)CCNC(=O)Nc1cccc(OCC(=O)O)c1. The Labute approximate surface area is 122 Å². The maximum atomic E-state index is 11.5. The number of urea groups is 1. The molecule has 0 radical (unpaired) electrons. The maximum absolute atomic E-state index is 11.5. The van der Waals surface area contributed by atoms with Gasteiger partial charge in [0.05, 0.1) is 5.75 Å². The number of hydrogen-bond donors (Lipinski definition) is 3. The Morgan fingerprint density at radius 3 is 2.67 bits per heavy atom. The van der Waals surface area contributed by atoms with Crippen molar-refractivity contribution in [3.8, 4) is 5.75 Å². The Bertz CT molecular complexity index is 614. The van der Waals surface area contributed by atoms with Crippen molar-refractivity contribution in [1.82, 2.24) is 5.32 Å². The highest BCUT2D eigenvalue weighted by Crippen LogP contribution is 2.17. The van der Waals surface area contributed by atoms with Gasteiger partial charge >= 0.3 is 12.0 Å². The molecule has 0 heterocycles. The van der Waals surface area contributed by atoms with Crippen LogP contribution in [0.1, 0.15) is 0 Å². The summed E-state index contributed by atoms with van der Waals surface area (Å²) in [7, 11) is -3.13. The van der Waals surface area contributed by atoms with Gasteiger partial charge in [0.15, 0.2) is 6.61 Å². The maximum Gasteiger partial charge on any atom is 0.341 e. The first kappa shape index (κ1) is 16.8. The van der Waals surface area contributed by atoms with Gasteiger partial charge in [0.1, 0.15) is 15.6 Å². The highest BCUT2D eigenvalue weighted by Gasteiger charge is 2.06. The summed E-state index contributed by atoms with van der Waals surface area (Å²) >= 11 is 0. The van der Waals surface area contributed by atoms with Gasteiger partial charge in [-0.3, -0.25) is 0 Å². The fourth-order valence-electron chi connectivity index (χ4n) is 1.33. The Kier molecular flexibility index (Phi) is 5.97. The number of benzene rings is 1. The van der Waals surface area contributed by atoms with E-state index >= 15 is 0 Å². The highest BCUT2D eigenvalue weighted by molar-refractivity contribution is 7.90. The lowest BCUT2D eigenvalue weighted by Gasteiger charge is -2.09. The molecule has 1 aromatic carbocycles. The van der Waals surface area contributed by atoms with E-state index in [9.17, 15) is 18.0 Å². The molecule has 0 unspecified atom stereocenters. The first-order chi connectivity index (χ1) is 9.76. The summed E-state index contributed by atoms with van der Waals surface area (Å²) in [6, 6.07) is 5.62. The number of carboxylic acids is 1. The number of aliphatic carboxylic acids is 1. The summed E-state index contributed by atoms with van der Waals surface area (Å²) in [6.07, 6.45) is 1.08. The minimum atomic E-state index is -3.13. The smallest absolute Gasteiger partial charge is 0.341 e. The molecule has 8 nitrogen and oxygen atoms in total. The summed E-state index contributed by atoms with van der Waals surface area (Å²) in [6.45, 7) is -0.482. The average molecular weight is 316 g/mol. The van der Waals surface area contributed by atoms with Crippen LogP contribution in [-0.2, 0) is 14.6 Å². The first-order valence-electron chi connectivity index (χ1n) is 5.93. The molecule has 1 rings (SSSR count). The molecule has 0 saturated carbocycles. The molecule has 116 valence electrons. The predicted octanol–water partition coefficient (Wildman–Crippen LogP) is 0.316. The van der Waals surface area contributed by atoms with Crippen molar-refractivity contribution < 1.29 is 27.9 Å². The van der Waals surface area contributed by atoms with Crippen molar-refractivity contribution in [3.05, 3.63) is 24.3 Å². The van der Waals surface area contributed by atoms with E-state index in [1.165, 1.54) is 6.07 Å². The van der Waals surface area contributed by atoms with Gasteiger partial charge in [-0.2, -0.15) is 0 Å². The zero-order valence-electron chi connectivity index (χ0n) is 11.3. The molecule has 0 aliphatic rings. The standard InChI is InChI=1S/C12H16N2O6S/c1-21(18,19)6-5-13-12(17)14-9-3-2-4-10(7-9)20-8-11(15)16/h2-4,7H,5-6,8H2,1H3,(H,15,16)(H2,13,14,17). The summed E-state index contributed by atoms with van der Waals surface area (Å²) in [5.41, 5.74) is 0.398. The van der Waals surface area contributed by atoms with Crippen molar-refractivity contribution in [3.63, 3.8) is 0 Å². The molecular weight excluding hydrogens is 300 g/mol. The van der Waals surface area contributed by atoms with Crippen LogP contribution in [-0.4, -0.2) is 50.7 Å². The van der Waals surface area contributed by atoms with Crippen molar-refractivity contribution >= 4 is 27.5 Å². The number of carbonyl (C=O) groups is 2. The van der Waals surface area contributed by atoms with Gasteiger partial charge < -0.3 is 20.5 Å². The van der Waals surface area contributed by atoms with Crippen LogP contribution in [0.15, 0.2) is 24.3 Å². The molecule has 0 spiro atoms. The quantitative estimate of drug-likeness (QED) is 0.666. The van der Waals surface area contributed by atoms with Crippen LogP contribution in [0.3, 0.4) is 0 Å². The Morgan fingerprint density at radius 2 is 2.05 bits per heavy atom. The Morgan fingerprint density at radius 1 is 1.33 bits per heavy atom. The van der Waals surface area contributed by atoms with Gasteiger partial charge in [-0.1, -0.05) is 6.07 Å². The molecule has 0 bridgehead atoms. The number of anilines is 1. The first-order valence-corrected chi connectivity index (χ1v) is 7.99. The average Bonchev–Trinajstić information content (AvgIpc) is 2.35. The second-order valence-electron chi connectivity index (χ2n) is 4.22. The molecule has 0 atom stereocenters. The fourth-order valence-corrected chi connectivity index (χ4v) is 1.81. The lowest BCUT2D eigenvalue weighted by molar-refractivity contribution is -0.139. The van der Waals surface area contributed by atoms with Crippen molar-refractivity contribution in [2.24, 2.45) is 0 Å². The van der Waals surface area contributed by atoms with Crippen LogP contribution in [0.5, 0.6) is 5.75 Å². The van der Waals surface area contributed by atoms with Crippen LogP contribution in [0.4, 0.5) is 10.5 Å². The number of nitrogens with one attached hydrogen (secondary N) is 2. The normalized spacial score (nSPS) is 10.7. The van der Waals surface area contributed by atoms with Gasteiger partial charge in [-0.25, -0.2) is 18.0 Å². The van der Waals surface area contributed by atoms with Crippen LogP contribution < -0.4 is 15.4 Å². The number of hydrogen-bond acceptors (Lipinski definition) is 5. The van der Waals surface area contributed by atoms with Gasteiger partial charge in [-0.05, 0) is 12.1 Å². The number of carboxylic acid groups (broad SMARTS) is 1. The van der Waals surface area contributed by atoms with E-state index in [2.05, 4.69) is 10.6 Å². The second-order valence-corrected chi connectivity index (χ2v) is 6.48. The zero-order chi connectivity index (χ0) is 15.9. The van der Waals surface area contributed by atoms with E-state index in [1.807, 2.05) is 0 Å². The third kappa shape index (κ3) is 7.78. The largest absolute Gasteiger partial charge is 0.482 e. The summed E-state index contributed by atoms with van der Waals surface area (Å²) < 4.78 is 26.8. The van der Waals surface area contributed by atoms with Crippen molar-refractivity contribution in [2.45, 2.75) is 0 Å². The number of carbonyl (C=O) groups excluding carboxylic acids is 1. The molecule has 0 saturated heterocycles. The number of sulfone groups is 1. The molecule has 0 aliphatic carbocycles. The summed E-state index contributed by atoms with van der Waals surface area (Å²) in [4.78, 5) is 21.9. The van der Waals surface area contributed by atoms with E-state index < -0.39 is 28.4 Å². The topological polar surface area (TPSA) is 122 Å². The van der Waals surface area contributed by atoms with Crippen LogP contribution in [0.2, 0.25) is 0 Å². The minimum Gasteiger partial charge on any atom is -0.482 e. The van der Waals surface area contributed by atoms with Crippen LogP contribution >= 0.6 is 0 Å². The molecular formula is C12H16N2O6S. The molecule has 3 N–H and O–H groups in total. The molecule has 0 aromatic heterocycles. The minimum absolute atomic E-state index is 0.000127. The van der Waals surface area contributed by atoms with Crippen molar-refractivity contribution in [1.29, 1.82) is 0 Å². The highest BCUT2D eigenvalue weighted by atomic mass is 32.2. The second kappa shape index (κ2) is 7.48. The zero-order valence-corrected chi connectivity index (χ0v) is 12.1. The van der Waals surface area contributed by atoms with Gasteiger partial charge in [-0.15, -0.1) is 0 Å². The van der Waals surface area contributed by atoms with E-state index in [-0.39, 0.29) is 12.3 Å². The lowest BCUT2D eigenvalue weighted by atomic mass is 10.3. The van der Waals surface area contributed by atoms with Crippen LogP contribution in [0, 0.1) is 0 Å². The summed E-state index contributed by atoms with van der Waals surface area (Å²) in [5, 5.41) is 13.4. The number of amides is 2. The molecule has 0 aliphatic heterocycles. The third-order valence-electron chi connectivity index (χ3n) is 2.21. The third-order valence-corrected chi connectivity index (χ3v) is 3.16. The number of ether oxygens (including phenoxy) is 1. The van der Waals surface area contributed by atoms with Crippen LogP contribution in [0.25, 0.3) is 0 Å². The van der Waals surface area contributed by atoms with E-state index in [0.717, 1.165) is 6.26 Å². The van der Waals surface area contributed by atoms with E-state index in [4.69, 9.17) is 9.84 Å². The monoisotopic (exact) mass is 316 g/mol. The predicted molar refractivity (Wildman–Crippen MR) is 76.3 cm³/mol. The fraction of sp³-hybridized carbons (Fsp3) is 0.333. The van der Waals surface area contributed by atoms with Crippen molar-refractivity contribution in [2.75, 3.05) is 30.5 Å². The molecule has 0 fully saturated rings. The molecule has 2 amide bonds. The summed E-state index contributed by atoms with van der Waals surface area (Å²) in [5.74, 6) is -0.958. The molecule has 21 heavy (non-hydrogen) atoms. The Hall–Kier alpha value is -2.29. The number of rotatable bonds is 7. The molecule has 1 aromatic rings. The van der Waals surface area contributed by atoms with Gasteiger partial charge in [0, 0.05) is 24.6 Å². The van der Waals surface area contributed by atoms with E-state index in [0.29, 0.717) is 11.4 Å². The van der Waals surface area contributed by atoms with Gasteiger partial charge in [0.25, 0.3) is 0 Å². The lowest BCUT2D eigenvalue weighted by Crippen LogP contribution is -2.32.